The average Bonchev–Trinajstić information content (AvgIpc) is 3.16. The van der Waals surface area contributed by atoms with Gasteiger partial charge in [0, 0.05) is 25.3 Å². The van der Waals surface area contributed by atoms with Crippen molar-refractivity contribution in [1.29, 1.82) is 0 Å². The summed E-state index contributed by atoms with van der Waals surface area (Å²) >= 11 is 0. The van der Waals surface area contributed by atoms with E-state index in [1.54, 1.807) is 4.90 Å². The first-order valence-electron chi connectivity index (χ1n) is 8.09. The minimum absolute atomic E-state index is 0.327. The van der Waals surface area contributed by atoms with Crippen LogP contribution in [0.5, 0.6) is 0 Å². The minimum atomic E-state index is -0.795. The Morgan fingerprint density at radius 1 is 1.43 bits per heavy atom. The summed E-state index contributed by atoms with van der Waals surface area (Å²) in [6.07, 6.45) is 2.07. The standard InChI is InChI=1S/C16H21N5O2/c1-8-12-7-21(16(22)23)6-10(12)5-13(8)20-15-11-3-4-17-14(11)18-9(2)19-15/h3-4,8,10,12-13H,5-7H2,1-2H3,(H,22,23)(H2,17,18,19,20). The molecule has 1 amide bonds. The average molecular weight is 315 g/mol. The van der Waals surface area contributed by atoms with Crippen molar-refractivity contribution >= 4 is 22.9 Å². The van der Waals surface area contributed by atoms with Gasteiger partial charge < -0.3 is 20.3 Å². The van der Waals surface area contributed by atoms with Crippen LogP contribution in [0.15, 0.2) is 12.3 Å². The lowest BCUT2D eigenvalue weighted by Gasteiger charge is -2.23. The van der Waals surface area contributed by atoms with Crippen molar-refractivity contribution in [3.63, 3.8) is 0 Å². The Hall–Kier alpha value is -2.31. The summed E-state index contributed by atoms with van der Waals surface area (Å²) in [6.45, 7) is 5.42. The largest absolute Gasteiger partial charge is 0.465 e. The maximum absolute atomic E-state index is 11.2. The number of aryl methyl sites for hydroxylation is 1. The second kappa shape index (κ2) is 5.11. The van der Waals surface area contributed by atoms with E-state index in [4.69, 9.17) is 0 Å². The molecule has 3 heterocycles. The zero-order valence-corrected chi connectivity index (χ0v) is 13.3. The molecule has 2 aliphatic rings. The number of anilines is 1. The lowest BCUT2D eigenvalue weighted by Crippen LogP contribution is -2.32. The molecule has 0 bridgehead atoms. The van der Waals surface area contributed by atoms with Gasteiger partial charge in [0.25, 0.3) is 0 Å². The number of hydrogen-bond donors (Lipinski definition) is 3. The number of nitrogens with zero attached hydrogens (tertiary/aromatic N) is 3. The molecule has 4 atom stereocenters. The Kier molecular flexibility index (Phi) is 3.18. The molecule has 122 valence electrons. The highest BCUT2D eigenvalue weighted by atomic mass is 16.4. The molecule has 0 aromatic carbocycles. The molecule has 4 unspecified atom stereocenters. The van der Waals surface area contributed by atoms with Crippen LogP contribution in [-0.2, 0) is 0 Å². The number of fused-ring (bicyclic) bond motifs is 2. The van der Waals surface area contributed by atoms with E-state index in [1.807, 2.05) is 19.2 Å². The molecule has 1 saturated heterocycles. The lowest BCUT2D eigenvalue weighted by molar-refractivity contribution is 0.150. The number of carboxylic acid groups (broad SMARTS) is 1. The van der Waals surface area contributed by atoms with Crippen LogP contribution in [0.1, 0.15) is 19.2 Å². The van der Waals surface area contributed by atoms with E-state index in [9.17, 15) is 9.90 Å². The molecule has 7 heteroatoms. The van der Waals surface area contributed by atoms with Crippen molar-refractivity contribution in [3.8, 4) is 0 Å². The number of carbonyl (C=O) groups is 1. The van der Waals surface area contributed by atoms with Crippen molar-refractivity contribution < 1.29 is 9.90 Å². The number of aromatic amines is 1. The zero-order chi connectivity index (χ0) is 16.1. The van der Waals surface area contributed by atoms with E-state index in [0.29, 0.717) is 36.9 Å². The molecule has 1 aliphatic heterocycles. The normalized spacial score (nSPS) is 29.9. The number of H-pyrrole nitrogens is 1. The van der Waals surface area contributed by atoms with Gasteiger partial charge >= 0.3 is 6.09 Å². The zero-order valence-electron chi connectivity index (χ0n) is 13.3. The highest BCUT2D eigenvalue weighted by molar-refractivity contribution is 5.87. The Labute approximate surface area is 134 Å². The van der Waals surface area contributed by atoms with Gasteiger partial charge in [-0.2, -0.15) is 0 Å². The summed E-state index contributed by atoms with van der Waals surface area (Å²) in [6, 6.07) is 2.32. The van der Waals surface area contributed by atoms with Crippen molar-refractivity contribution in [3.05, 3.63) is 18.1 Å². The van der Waals surface area contributed by atoms with Gasteiger partial charge in [0.2, 0.25) is 0 Å². The quantitative estimate of drug-likeness (QED) is 0.790. The van der Waals surface area contributed by atoms with Crippen molar-refractivity contribution in [1.82, 2.24) is 19.9 Å². The number of likely N-dealkylation sites (tertiary alicyclic amines) is 1. The number of aromatic nitrogens is 3. The first-order chi connectivity index (χ1) is 11.0. The molecule has 2 fully saturated rings. The van der Waals surface area contributed by atoms with E-state index in [1.165, 1.54) is 0 Å². The number of rotatable bonds is 2. The summed E-state index contributed by atoms with van der Waals surface area (Å²) in [7, 11) is 0. The third-order valence-electron chi connectivity index (χ3n) is 5.48. The van der Waals surface area contributed by atoms with Gasteiger partial charge in [-0.3, -0.25) is 0 Å². The second-order valence-corrected chi connectivity index (χ2v) is 6.82. The maximum atomic E-state index is 11.2. The molecule has 2 aromatic rings. The van der Waals surface area contributed by atoms with Gasteiger partial charge in [0.1, 0.15) is 17.3 Å². The Bertz CT molecular complexity index is 758. The minimum Gasteiger partial charge on any atom is -0.465 e. The molecule has 1 aliphatic carbocycles. The SMILES string of the molecule is Cc1nc(NC2CC3CN(C(=O)O)CC3C2C)c2cc[nH]c2n1. The molecular formula is C16H21N5O2. The fraction of sp³-hybridized carbons (Fsp3) is 0.562. The van der Waals surface area contributed by atoms with Crippen LogP contribution in [0.3, 0.4) is 0 Å². The topological polar surface area (TPSA) is 94.1 Å². The highest BCUT2D eigenvalue weighted by Gasteiger charge is 2.47. The van der Waals surface area contributed by atoms with Crippen LogP contribution in [0.2, 0.25) is 0 Å². The van der Waals surface area contributed by atoms with E-state index in [0.717, 1.165) is 29.1 Å². The first kappa shape index (κ1) is 14.3. The Balaban J connectivity index is 1.54. The Morgan fingerprint density at radius 3 is 3.00 bits per heavy atom. The van der Waals surface area contributed by atoms with Gasteiger partial charge in [-0.1, -0.05) is 6.92 Å². The van der Waals surface area contributed by atoms with E-state index >= 15 is 0 Å². The van der Waals surface area contributed by atoms with Gasteiger partial charge in [-0.25, -0.2) is 14.8 Å². The summed E-state index contributed by atoms with van der Waals surface area (Å²) in [4.78, 5) is 24.8. The first-order valence-corrected chi connectivity index (χ1v) is 8.09. The van der Waals surface area contributed by atoms with Gasteiger partial charge in [0.15, 0.2) is 0 Å². The predicted octanol–water partition coefficient (Wildman–Crippen LogP) is 2.31. The number of amides is 1. The molecule has 3 N–H and O–H groups in total. The van der Waals surface area contributed by atoms with Crippen molar-refractivity contribution in [2.24, 2.45) is 17.8 Å². The van der Waals surface area contributed by atoms with Gasteiger partial charge in [-0.15, -0.1) is 0 Å². The van der Waals surface area contributed by atoms with Crippen LogP contribution >= 0.6 is 0 Å². The fourth-order valence-corrected chi connectivity index (χ4v) is 4.27. The van der Waals surface area contributed by atoms with Crippen LogP contribution in [0, 0.1) is 24.7 Å². The Morgan fingerprint density at radius 2 is 2.26 bits per heavy atom. The van der Waals surface area contributed by atoms with Crippen LogP contribution in [0.25, 0.3) is 11.0 Å². The molecular weight excluding hydrogens is 294 g/mol. The van der Waals surface area contributed by atoms with Gasteiger partial charge in [-0.05, 0) is 37.2 Å². The predicted molar refractivity (Wildman–Crippen MR) is 86.4 cm³/mol. The van der Waals surface area contributed by atoms with E-state index < -0.39 is 6.09 Å². The number of nitrogens with one attached hydrogen (secondary N) is 2. The smallest absolute Gasteiger partial charge is 0.407 e. The summed E-state index contributed by atoms with van der Waals surface area (Å²) < 4.78 is 0. The van der Waals surface area contributed by atoms with E-state index in [2.05, 4.69) is 27.2 Å². The fourth-order valence-electron chi connectivity index (χ4n) is 4.27. The van der Waals surface area contributed by atoms with Gasteiger partial charge in [0.05, 0.1) is 5.39 Å². The number of hydrogen-bond acceptors (Lipinski definition) is 4. The maximum Gasteiger partial charge on any atom is 0.407 e. The lowest BCUT2D eigenvalue weighted by atomic mass is 9.93. The molecule has 0 radical (unpaired) electrons. The molecule has 1 saturated carbocycles. The van der Waals surface area contributed by atoms with Crippen LogP contribution < -0.4 is 5.32 Å². The van der Waals surface area contributed by atoms with Crippen LogP contribution in [0.4, 0.5) is 10.6 Å². The molecule has 4 rings (SSSR count). The highest BCUT2D eigenvalue weighted by Crippen LogP contribution is 2.43. The summed E-state index contributed by atoms with van der Waals surface area (Å²) in [5.41, 5.74) is 0.850. The third-order valence-corrected chi connectivity index (χ3v) is 5.48. The van der Waals surface area contributed by atoms with Crippen molar-refractivity contribution in [2.45, 2.75) is 26.3 Å². The molecule has 23 heavy (non-hydrogen) atoms. The summed E-state index contributed by atoms with van der Waals surface area (Å²) in [5.74, 6) is 2.93. The monoisotopic (exact) mass is 315 g/mol. The second-order valence-electron chi connectivity index (χ2n) is 6.82. The van der Waals surface area contributed by atoms with Crippen molar-refractivity contribution in [2.75, 3.05) is 18.4 Å². The molecule has 2 aromatic heterocycles. The molecule has 7 nitrogen and oxygen atoms in total. The van der Waals surface area contributed by atoms with Crippen LogP contribution in [-0.4, -0.2) is 50.2 Å². The molecule has 0 spiro atoms. The third kappa shape index (κ3) is 2.31. The summed E-state index contributed by atoms with van der Waals surface area (Å²) in [5, 5.41) is 13.8. The van der Waals surface area contributed by atoms with E-state index in [-0.39, 0.29) is 0 Å².